The molecule has 0 radical (unpaired) electrons. The van der Waals surface area contributed by atoms with Crippen molar-refractivity contribution < 1.29 is 13.2 Å². The van der Waals surface area contributed by atoms with Crippen LogP contribution in [0.15, 0.2) is 0 Å². The standard InChI is InChI=1S/C13H20N2O3S/c16-11-2-5-13(14-11)6-7-15(9-13)19(17,18)10-8-12(10)3-1-4-12/h10H,1-9H2,(H,14,16). The fraction of sp³-hybridized carbons (Fsp3) is 0.923. The van der Waals surface area contributed by atoms with Crippen molar-refractivity contribution in [2.24, 2.45) is 5.41 Å². The third-order valence-corrected chi connectivity index (χ3v) is 8.15. The number of carbonyl (C=O) groups excluding carboxylic acids is 1. The molecule has 4 aliphatic rings. The molecule has 2 aliphatic carbocycles. The highest BCUT2D eigenvalue weighted by Crippen LogP contribution is 2.64. The SMILES string of the molecule is O=C1CCC2(CCN(S(=O)(=O)C3CC34CCC4)C2)N1. The van der Waals surface area contributed by atoms with Crippen LogP contribution in [0.2, 0.25) is 0 Å². The van der Waals surface area contributed by atoms with Gasteiger partial charge in [-0.1, -0.05) is 6.42 Å². The monoisotopic (exact) mass is 284 g/mol. The van der Waals surface area contributed by atoms with Gasteiger partial charge in [0.2, 0.25) is 15.9 Å². The first kappa shape index (κ1) is 12.1. The third-order valence-electron chi connectivity index (χ3n) is 5.74. The van der Waals surface area contributed by atoms with Crippen molar-refractivity contribution in [1.82, 2.24) is 9.62 Å². The molecule has 106 valence electrons. The number of nitrogens with one attached hydrogen (secondary N) is 1. The topological polar surface area (TPSA) is 66.5 Å². The van der Waals surface area contributed by atoms with Crippen LogP contribution in [0.5, 0.6) is 0 Å². The second-order valence-electron chi connectivity index (χ2n) is 6.87. The minimum absolute atomic E-state index is 0.0705. The number of hydrogen-bond acceptors (Lipinski definition) is 3. The Kier molecular flexibility index (Phi) is 2.25. The maximum absolute atomic E-state index is 12.6. The summed E-state index contributed by atoms with van der Waals surface area (Å²) in [5.41, 5.74) is -0.112. The molecule has 0 aromatic carbocycles. The van der Waals surface area contributed by atoms with Gasteiger partial charge in [0, 0.05) is 19.5 Å². The van der Waals surface area contributed by atoms with Crippen molar-refractivity contribution in [3.8, 4) is 0 Å². The first-order valence-electron chi connectivity index (χ1n) is 7.26. The highest BCUT2D eigenvalue weighted by molar-refractivity contribution is 7.90. The molecule has 0 aromatic heterocycles. The Morgan fingerprint density at radius 2 is 2.00 bits per heavy atom. The van der Waals surface area contributed by atoms with Gasteiger partial charge in [0.15, 0.2) is 0 Å². The molecular formula is C13H20N2O3S. The molecule has 19 heavy (non-hydrogen) atoms. The van der Waals surface area contributed by atoms with Gasteiger partial charge in [-0.15, -0.1) is 0 Å². The van der Waals surface area contributed by atoms with Crippen LogP contribution in [0.3, 0.4) is 0 Å². The summed E-state index contributed by atoms with van der Waals surface area (Å²) in [5, 5.41) is 2.87. The Hall–Kier alpha value is -0.620. The van der Waals surface area contributed by atoms with Gasteiger partial charge < -0.3 is 5.32 Å². The molecule has 2 saturated carbocycles. The van der Waals surface area contributed by atoms with E-state index in [1.165, 1.54) is 6.42 Å². The quantitative estimate of drug-likeness (QED) is 0.808. The maximum Gasteiger partial charge on any atom is 0.220 e. The summed E-state index contributed by atoms with van der Waals surface area (Å²) in [4.78, 5) is 11.4. The smallest absolute Gasteiger partial charge is 0.220 e. The van der Waals surface area contributed by atoms with Gasteiger partial charge >= 0.3 is 0 Å². The van der Waals surface area contributed by atoms with Crippen LogP contribution in [0, 0.1) is 5.41 Å². The van der Waals surface area contributed by atoms with Crippen LogP contribution in [0.4, 0.5) is 0 Å². The minimum Gasteiger partial charge on any atom is -0.349 e. The normalized spacial score (nSPS) is 40.6. The van der Waals surface area contributed by atoms with Crippen LogP contribution >= 0.6 is 0 Å². The fourth-order valence-electron chi connectivity index (χ4n) is 4.20. The molecule has 0 aromatic rings. The van der Waals surface area contributed by atoms with Gasteiger partial charge in [-0.25, -0.2) is 8.42 Å². The van der Waals surface area contributed by atoms with Gasteiger partial charge in [-0.05, 0) is 37.5 Å². The van der Waals surface area contributed by atoms with Crippen molar-refractivity contribution in [3.05, 3.63) is 0 Å². The molecule has 6 heteroatoms. The van der Waals surface area contributed by atoms with Gasteiger partial charge in [-0.2, -0.15) is 4.31 Å². The van der Waals surface area contributed by atoms with Gasteiger partial charge in [0.05, 0.1) is 10.8 Å². The van der Waals surface area contributed by atoms with Gasteiger partial charge in [-0.3, -0.25) is 4.79 Å². The Morgan fingerprint density at radius 1 is 1.21 bits per heavy atom. The fourth-order valence-corrected chi connectivity index (χ4v) is 6.74. The Labute approximate surface area is 113 Å². The zero-order valence-corrected chi connectivity index (χ0v) is 11.8. The predicted octanol–water partition coefficient (Wildman–Crippen LogP) is 0.613. The molecular weight excluding hydrogens is 264 g/mol. The first-order chi connectivity index (χ1) is 8.96. The molecule has 2 atom stereocenters. The molecule has 5 nitrogen and oxygen atoms in total. The Balaban J connectivity index is 1.50. The second-order valence-corrected chi connectivity index (χ2v) is 8.98. The average molecular weight is 284 g/mol. The molecule has 2 unspecified atom stereocenters. The van der Waals surface area contributed by atoms with Crippen LogP contribution in [-0.4, -0.2) is 42.5 Å². The van der Waals surface area contributed by atoms with Crippen molar-refractivity contribution >= 4 is 15.9 Å². The van der Waals surface area contributed by atoms with E-state index in [-0.39, 0.29) is 22.1 Å². The number of amides is 1. The van der Waals surface area contributed by atoms with Crippen molar-refractivity contribution in [2.45, 2.75) is 55.7 Å². The van der Waals surface area contributed by atoms with E-state index in [4.69, 9.17) is 0 Å². The lowest BCUT2D eigenvalue weighted by Crippen LogP contribution is -2.45. The highest BCUT2D eigenvalue weighted by atomic mass is 32.2. The van der Waals surface area contributed by atoms with Crippen LogP contribution < -0.4 is 5.32 Å². The van der Waals surface area contributed by atoms with Crippen molar-refractivity contribution in [3.63, 3.8) is 0 Å². The predicted molar refractivity (Wildman–Crippen MR) is 69.9 cm³/mol. The van der Waals surface area contributed by atoms with E-state index in [2.05, 4.69) is 5.32 Å². The molecule has 2 aliphatic heterocycles. The van der Waals surface area contributed by atoms with E-state index >= 15 is 0 Å². The van der Waals surface area contributed by atoms with Gasteiger partial charge in [0.25, 0.3) is 0 Å². The number of nitrogens with zero attached hydrogens (tertiary/aromatic N) is 1. The molecule has 2 heterocycles. The summed E-state index contributed by atoms with van der Waals surface area (Å²) in [5.74, 6) is 0.0705. The van der Waals surface area contributed by atoms with E-state index in [0.29, 0.717) is 19.5 Å². The summed E-state index contributed by atoms with van der Waals surface area (Å²) in [6.07, 6.45) is 6.34. The molecule has 2 spiro atoms. The van der Waals surface area contributed by atoms with E-state index in [0.717, 1.165) is 32.1 Å². The third kappa shape index (κ3) is 1.62. The summed E-state index contributed by atoms with van der Waals surface area (Å²) in [6, 6.07) is 0. The lowest BCUT2D eigenvalue weighted by Gasteiger charge is -2.28. The van der Waals surface area contributed by atoms with E-state index in [1.807, 2.05) is 0 Å². The van der Waals surface area contributed by atoms with Gasteiger partial charge in [0.1, 0.15) is 0 Å². The molecule has 4 fully saturated rings. The number of hydrogen-bond donors (Lipinski definition) is 1. The van der Waals surface area contributed by atoms with Crippen LogP contribution in [0.1, 0.15) is 44.9 Å². The zero-order valence-electron chi connectivity index (χ0n) is 11.0. The number of rotatable bonds is 2. The summed E-state index contributed by atoms with van der Waals surface area (Å²) >= 11 is 0. The first-order valence-corrected chi connectivity index (χ1v) is 8.76. The number of sulfonamides is 1. The highest BCUT2D eigenvalue weighted by Gasteiger charge is 2.65. The molecule has 1 amide bonds. The second kappa shape index (κ2) is 3.52. The molecule has 0 bridgehead atoms. The summed E-state index contributed by atoms with van der Waals surface area (Å²) in [6.45, 7) is 1.07. The number of carbonyl (C=O) groups is 1. The van der Waals surface area contributed by atoms with E-state index < -0.39 is 10.0 Å². The molecule has 4 rings (SSSR count). The molecule has 2 saturated heterocycles. The largest absolute Gasteiger partial charge is 0.349 e. The average Bonchev–Trinajstić information content (AvgIpc) is 2.85. The molecule has 1 N–H and O–H groups in total. The Morgan fingerprint density at radius 3 is 2.53 bits per heavy atom. The summed E-state index contributed by atoms with van der Waals surface area (Å²) in [7, 11) is -3.13. The summed E-state index contributed by atoms with van der Waals surface area (Å²) < 4.78 is 26.9. The lowest BCUT2D eigenvalue weighted by atomic mass is 9.82. The van der Waals surface area contributed by atoms with Crippen LogP contribution in [-0.2, 0) is 14.8 Å². The van der Waals surface area contributed by atoms with Crippen molar-refractivity contribution in [1.29, 1.82) is 0 Å². The van der Waals surface area contributed by atoms with E-state index in [1.54, 1.807) is 4.31 Å². The zero-order chi connectivity index (χ0) is 13.3. The maximum atomic E-state index is 12.6. The van der Waals surface area contributed by atoms with E-state index in [9.17, 15) is 13.2 Å². The minimum atomic E-state index is -3.13. The van der Waals surface area contributed by atoms with Crippen LogP contribution in [0.25, 0.3) is 0 Å². The van der Waals surface area contributed by atoms with Crippen molar-refractivity contribution in [2.75, 3.05) is 13.1 Å². The lowest BCUT2D eigenvalue weighted by molar-refractivity contribution is -0.119. The Bertz CT molecular complexity index is 540.